The van der Waals surface area contributed by atoms with E-state index in [-0.39, 0.29) is 29.9 Å². The zero-order valence-corrected chi connectivity index (χ0v) is 13.2. The molecule has 2 aliphatic heterocycles. The molecule has 3 heterocycles. The van der Waals surface area contributed by atoms with Crippen LogP contribution < -0.4 is 10.2 Å². The normalized spacial score (nSPS) is 28.3. The van der Waals surface area contributed by atoms with Gasteiger partial charge in [-0.05, 0) is 32.8 Å². The third-order valence-corrected chi connectivity index (χ3v) is 4.53. The number of fused-ring (bicyclic) bond motifs is 1. The van der Waals surface area contributed by atoms with Crippen molar-refractivity contribution >= 4 is 11.7 Å². The summed E-state index contributed by atoms with van der Waals surface area (Å²) in [4.78, 5) is 23.0. The van der Waals surface area contributed by atoms with E-state index in [1.54, 1.807) is 12.5 Å². The summed E-state index contributed by atoms with van der Waals surface area (Å²) in [5.74, 6) is 1.36. The molecule has 0 saturated carbocycles. The summed E-state index contributed by atoms with van der Waals surface area (Å²) in [7, 11) is 0. The van der Waals surface area contributed by atoms with E-state index in [9.17, 15) is 4.79 Å². The maximum absolute atomic E-state index is 12.5. The molecule has 2 fully saturated rings. The van der Waals surface area contributed by atoms with Gasteiger partial charge in [0.15, 0.2) is 0 Å². The van der Waals surface area contributed by atoms with Crippen molar-refractivity contribution in [1.82, 2.24) is 15.3 Å². The van der Waals surface area contributed by atoms with E-state index in [0.29, 0.717) is 6.61 Å². The number of carbonyl (C=O) groups is 1. The van der Waals surface area contributed by atoms with Crippen molar-refractivity contribution in [2.45, 2.75) is 38.8 Å². The minimum Gasteiger partial charge on any atom is -0.378 e. The molecule has 6 nitrogen and oxygen atoms in total. The van der Waals surface area contributed by atoms with Crippen molar-refractivity contribution in [2.75, 3.05) is 24.6 Å². The quantitative estimate of drug-likeness (QED) is 0.910. The fourth-order valence-electron chi connectivity index (χ4n) is 3.51. The van der Waals surface area contributed by atoms with Crippen LogP contribution in [0, 0.1) is 11.8 Å². The molecule has 1 aromatic heterocycles. The molecule has 0 unspecified atom stereocenters. The number of nitrogens with zero attached hydrogens (tertiary/aromatic N) is 3. The highest BCUT2D eigenvalue weighted by Gasteiger charge is 2.42. The second-order valence-electron chi connectivity index (χ2n) is 6.43. The molecule has 0 aliphatic carbocycles. The lowest BCUT2D eigenvalue weighted by Crippen LogP contribution is -2.54. The van der Waals surface area contributed by atoms with Crippen LogP contribution in [0.25, 0.3) is 0 Å². The molecular formula is C16H24N4O2. The SMILES string of the molecule is CC(C)NC(=O)[C@@H]1CCO[C@@H]2CCN(c3ccncn3)C[C@H]21. The Morgan fingerprint density at radius 2 is 2.32 bits per heavy atom. The van der Waals surface area contributed by atoms with Gasteiger partial charge < -0.3 is 15.0 Å². The highest BCUT2D eigenvalue weighted by molar-refractivity contribution is 5.79. The summed E-state index contributed by atoms with van der Waals surface area (Å²) in [6.45, 7) is 6.42. The summed E-state index contributed by atoms with van der Waals surface area (Å²) in [5, 5.41) is 3.06. The van der Waals surface area contributed by atoms with Crippen LogP contribution in [0.5, 0.6) is 0 Å². The molecule has 1 aromatic rings. The first-order valence-electron chi connectivity index (χ1n) is 8.08. The Morgan fingerprint density at radius 1 is 1.45 bits per heavy atom. The molecule has 3 atom stereocenters. The number of rotatable bonds is 3. The van der Waals surface area contributed by atoms with Crippen molar-refractivity contribution in [3.8, 4) is 0 Å². The van der Waals surface area contributed by atoms with Gasteiger partial charge in [0.1, 0.15) is 12.1 Å². The van der Waals surface area contributed by atoms with Crippen molar-refractivity contribution in [3.63, 3.8) is 0 Å². The number of amides is 1. The number of ether oxygens (including phenoxy) is 1. The first kappa shape index (κ1) is 15.2. The van der Waals surface area contributed by atoms with Gasteiger partial charge in [0.2, 0.25) is 5.91 Å². The first-order chi connectivity index (χ1) is 10.6. The lowest BCUT2D eigenvalue weighted by molar-refractivity contribution is -0.137. The van der Waals surface area contributed by atoms with E-state index in [1.165, 1.54) is 0 Å². The van der Waals surface area contributed by atoms with Gasteiger partial charge in [-0.25, -0.2) is 9.97 Å². The summed E-state index contributed by atoms with van der Waals surface area (Å²) in [5.41, 5.74) is 0. The number of piperidine rings is 1. The van der Waals surface area contributed by atoms with Crippen LogP contribution in [0.3, 0.4) is 0 Å². The molecule has 6 heteroatoms. The zero-order chi connectivity index (χ0) is 15.5. The monoisotopic (exact) mass is 304 g/mol. The van der Waals surface area contributed by atoms with Crippen LogP contribution in [0.4, 0.5) is 5.82 Å². The zero-order valence-electron chi connectivity index (χ0n) is 13.2. The summed E-state index contributed by atoms with van der Waals surface area (Å²) < 4.78 is 5.91. The standard InChI is InChI=1S/C16H24N4O2/c1-11(2)19-16(21)12-5-8-22-14-4-7-20(9-13(12)14)15-3-6-17-10-18-15/h3,6,10-14H,4-5,7-9H2,1-2H3,(H,19,21)/t12-,13+,14-/m1/s1. The van der Waals surface area contributed by atoms with Crippen molar-refractivity contribution in [2.24, 2.45) is 11.8 Å². The Balaban J connectivity index is 1.73. The molecule has 0 radical (unpaired) electrons. The Morgan fingerprint density at radius 3 is 3.05 bits per heavy atom. The predicted molar refractivity (Wildman–Crippen MR) is 83.5 cm³/mol. The molecule has 1 amide bonds. The largest absolute Gasteiger partial charge is 0.378 e. The van der Waals surface area contributed by atoms with Crippen LogP contribution in [0.1, 0.15) is 26.7 Å². The van der Waals surface area contributed by atoms with E-state index >= 15 is 0 Å². The lowest BCUT2D eigenvalue weighted by Gasteiger charge is -2.45. The molecule has 2 saturated heterocycles. The maximum atomic E-state index is 12.5. The smallest absolute Gasteiger partial charge is 0.223 e. The van der Waals surface area contributed by atoms with Crippen LogP contribution in [-0.4, -0.2) is 47.7 Å². The molecule has 120 valence electrons. The van der Waals surface area contributed by atoms with Gasteiger partial charge >= 0.3 is 0 Å². The average molecular weight is 304 g/mol. The van der Waals surface area contributed by atoms with Crippen LogP contribution in [0.2, 0.25) is 0 Å². The Hall–Kier alpha value is -1.69. The maximum Gasteiger partial charge on any atom is 0.223 e. The van der Waals surface area contributed by atoms with E-state index in [1.807, 2.05) is 19.9 Å². The molecule has 2 aliphatic rings. The van der Waals surface area contributed by atoms with Gasteiger partial charge in [-0.1, -0.05) is 0 Å². The number of hydrogen-bond donors (Lipinski definition) is 1. The average Bonchev–Trinajstić information content (AvgIpc) is 2.54. The topological polar surface area (TPSA) is 67.3 Å². The van der Waals surface area contributed by atoms with E-state index in [0.717, 1.165) is 31.7 Å². The number of nitrogens with one attached hydrogen (secondary N) is 1. The molecular weight excluding hydrogens is 280 g/mol. The molecule has 0 bridgehead atoms. The van der Waals surface area contributed by atoms with Crippen LogP contribution in [0.15, 0.2) is 18.6 Å². The molecule has 0 aromatic carbocycles. The molecule has 1 N–H and O–H groups in total. The van der Waals surface area contributed by atoms with Gasteiger partial charge in [0, 0.05) is 43.8 Å². The van der Waals surface area contributed by atoms with E-state index in [2.05, 4.69) is 20.2 Å². The molecule has 3 rings (SSSR count). The summed E-state index contributed by atoms with van der Waals surface area (Å²) in [6.07, 6.45) is 5.27. The van der Waals surface area contributed by atoms with Crippen LogP contribution in [-0.2, 0) is 9.53 Å². The Kier molecular flexibility index (Phi) is 4.57. The van der Waals surface area contributed by atoms with E-state index in [4.69, 9.17) is 4.74 Å². The second kappa shape index (κ2) is 6.60. The summed E-state index contributed by atoms with van der Waals surface area (Å²) >= 11 is 0. The van der Waals surface area contributed by atoms with E-state index < -0.39 is 0 Å². The van der Waals surface area contributed by atoms with Gasteiger partial charge in [-0.3, -0.25) is 4.79 Å². The number of anilines is 1. The number of carbonyl (C=O) groups excluding carboxylic acids is 1. The number of aromatic nitrogens is 2. The molecule has 22 heavy (non-hydrogen) atoms. The fourth-order valence-corrected chi connectivity index (χ4v) is 3.51. The lowest BCUT2D eigenvalue weighted by atomic mass is 9.79. The van der Waals surface area contributed by atoms with Crippen molar-refractivity contribution in [1.29, 1.82) is 0 Å². The Labute approximate surface area is 131 Å². The second-order valence-corrected chi connectivity index (χ2v) is 6.43. The third kappa shape index (κ3) is 3.21. The van der Waals surface area contributed by atoms with Gasteiger partial charge in [-0.2, -0.15) is 0 Å². The summed E-state index contributed by atoms with van der Waals surface area (Å²) in [6, 6.07) is 2.10. The van der Waals surface area contributed by atoms with Gasteiger partial charge in [0.05, 0.1) is 6.10 Å². The minimum atomic E-state index is 0.0331. The van der Waals surface area contributed by atoms with Gasteiger partial charge in [-0.15, -0.1) is 0 Å². The van der Waals surface area contributed by atoms with Gasteiger partial charge in [0.25, 0.3) is 0 Å². The first-order valence-corrected chi connectivity index (χ1v) is 8.08. The number of hydrogen-bond acceptors (Lipinski definition) is 5. The fraction of sp³-hybridized carbons (Fsp3) is 0.688. The highest BCUT2D eigenvalue weighted by Crippen LogP contribution is 2.34. The minimum absolute atomic E-state index is 0.0331. The van der Waals surface area contributed by atoms with Crippen molar-refractivity contribution in [3.05, 3.63) is 18.6 Å². The van der Waals surface area contributed by atoms with Crippen LogP contribution >= 0.6 is 0 Å². The third-order valence-electron chi connectivity index (χ3n) is 4.53. The van der Waals surface area contributed by atoms with Crippen molar-refractivity contribution < 1.29 is 9.53 Å². The Bertz CT molecular complexity index is 508. The molecule has 0 spiro atoms. The predicted octanol–water partition coefficient (Wildman–Crippen LogP) is 1.23. The highest BCUT2D eigenvalue weighted by atomic mass is 16.5.